The van der Waals surface area contributed by atoms with Crippen LogP contribution >= 0.6 is 0 Å². The van der Waals surface area contributed by atoms with Crippen molar-refractivity contribution in [2.24, 2.45) is 10.8 Å². The minimum Gasteiger partial charge on any atom is -0.294 e. The second kappa shape index (κ2) is 14.7. The normalized spacial score (nSPS) is 13.8. The van der Waals surface area contributed by atoms with Gasteiger partial charge in [0.2, 0.25) is 0 Å². The van der Waals surface area contributed by atoms with Crippen molar-refractivity contribution >= 4 is 11.6 Å². The molecular weight excluding hydrogens is 560 g/mol. The first kappa shape index (κ1) is 32.8. The minimum atomic E-state index is -0.310. The van der Waals surface area contributed by atoms with Gasteiger partial charge in [-0.15, -0.1) is 0 Å². The molecule has 2 nitrogen and oxygen atoms in total. The highest BCUT2D eigenvalue weighted by Gasteiger charge is 2.44. The highest BCUT2D eigenvalue weighted by molar-refractivity contribution is 5.97. The van der Waals surface area contributed by atoms with Crippen LogP contribution in [0.1, 0.15) is 102 Å². The molecule has 5 rings (SSSR count). The predicted molar refractivity (Wildman–Crippen MR) is 191 cm³/mol. The molecule has 3 unspecified atom stereocenters. The second-order valence-corrected chi connectivity index (χ2v) is 13.9. The van der Waals surface area contributed by atoms with Crippen molar-refractivity contribution in [3.63, 3.8) is 0 Å². The monoisotopic (exact) mass is 606 g/mol. The summed E-state index contributed by atoms with van der Waals surface area (Å²) in [4.78, 5) is 27.6. The Bertz CT molecular complexity index is 1670. The first-order chi connectivity index (χ1) is 22.2. The molecule has 46 heavy (non-hydrogen) atoms. The van der Waals surface area contributed by atoms with E-state index in [1.54, 1.807) is 0 Å². The molecule has 2 heteroatoms. The fourth-order valence-corrected chi connectivity index (χ4v) is 7.29. The number of benzene rings is 5. The van der Waals surface area contributed by atoms with Crippen LogP contribution < -0.4 is 0 Å². The highest BCUT2D eigenvalue weighted by Crippen LogP contribution is 2.55. The van der Waals surface area contributed by atoms with Crippen molar-refractivity contribution in [3.05, 3.63) is 179 Å². The van der Waals surface area contributed by atoms with Crippen molar-refractivity contribution in [3.8, 4) is 0 Å². The molecule has 5 aromatic carbocycles. The molecule has 0 amide bonds. The summed E-state index contributed by atoms with van der Waals surface area (Å²) < 4.78 is 0. The van der Waals surface area contributed by atoms with Crippen LogP contribution in [0, 0.1) is 10.8 Å². The number of hydrogen-bond donors (Lipinski definition) is 0. The number of rotatable bonds is 14. The summed E-state index contributed by atoms with van der Waals surface area (Å²) in [6.07, 6.45) is 1.69. The molecule has 0 saturated heterocycles. The molecule has 0 saturated carbocycles. The Morgan fingerprint density at radius 1 is 0.435 bits per heavy atom. The molecule has 3 atom stereocenters. The van der Waals surface area contributed by atoms with E-state index in [1.807, 2.05) is 72.8 Å². The van der Waals surface area contributed by atoms with Gasteiger partial charge < -0.3 is 0 Å². The summed E-state index contributed by atoms with van der Waals surface area (Å²) >= 11 is 0. The quantitative estimate of drug-likeness (QED) is 0.118. The summed E-state index contributed by atoms with van der Waals surface area (Å²) in [5.74, 6) is 0.404. The van der Waals surface area contributed by atoms with Crippen molar-refractivity contribution in [1.82, 2.24) is 0 Å². The number of carbonyl (C=O) groups is 2. The lowest BCUT2D eigenvalue weighted by molar-refractivity contribution is 0.0871. The van der Waals surface area contributed by atoms with Crippen LogP contribution in [0.15, 0.2) is 152 Å². The Balaban J connectivity index is 1.56. The van der Waals surface area contributed by atoms with Gasteiger partial charge in [0.05, 0.1) is 0 Å². The smallest absolute Gasteiger partial charge is 0.163 e. The Morgan fingerprint density at radius 3 is 1.13 bits per heavy atom. The predicted octanol–water partition coefficient (Wildman–Crippen LogP) is 11.3. The standard InChI is InChI=1S/C44H46O2/c1-43(2,38(33-20-10-5-11-21-33)30-41(45)36-26-16-8-17-27-36)32-40(35-24-14-7-15-25-35)44(3,4)39(34-22-12-6-13-23-34)31-42(46)37-28-18-9-19-29-37/h5-29,38-40H,30-32H2,1-4H3. The van der Waals surface area contributed by atoms with Gasteiger partial charge in [0.25, 0.3) is 0 Å². The molecule has 0 aliphatic rings. The zero-order chi connectivity index (χ0) is 32.6. The summed E-state index contributed by atoms with van der Waals surface area (Å²) in [5, 5.41) is 0. The lowest BCUT2D eigenvalue weighted by atomic mass is 9.57. The maximum Gasteiger partial charge on any atom is 0.163 e. The van der Waals surface area contributed by atoms with Gasteiger partial charge in [-0.1, -0.05) is 179 Å². The van der Waals surface area contributed by atoms with E-state index in [1.165, 1.54) is 16.7 Å². The van der Waals surface area contributed by atoms with Crippen LogP contribution in [0.25, 0.3) is 0 Å². The van der Waals surface area contributed by atoms with E-state index in [4.69, 9.17) is 0 Å². The summed E-state index contributed by atoms with van der Waals surface area (Å²) in [6.45, 7) is 9.32. The lowest BCUT2D eigenvalue weighted by Gasteiger charge is -2.46. The van der Waals surface area contributed by atoms with Crippen molar-refractivity contribution in [1.29, 1.82) is 0 Å². The fraction of sp³-hybridized carbons (Fsp3) is 0.273. The fourth-order valence-electron chi connectivity index (χ4n) is 7.29. The summed E-state index contributed by atoms with van der Waals surface area (Å²) in [7, 11) is 0. The molecule has 0 spiro atoms. The first-order valence-corrected chi connectivity index (χ1v) is 16.5. The molecule has 0 aliphatic carbocycles. The molecule has 0 bridgehead atoms. The zero-order valence-corrected chi connectivity index (χ0v) is 27.6. The molecule has 0 fully saturated rings. The van der Waals surface area contributed by atoms with Gasteiger partial charge in [-0.2, -0.15) is 0 Å². The Morgan fingerprint density at radius 2 is 0.739 bits per heavy atom. The topological polar surface area (TPSA) is 34.1 Å². The van der Waals surface area contributed by atoms with E-state index in [0.29, 0.717) is 12.8 Å². The van der Waals surface area contributed by atoms with Crippen molar-refractivity contribution in [2.75, 3.05) is 0 Å². The highest BCUT2D eigenvalue weighted by atomic mass is 16.1. The summed E-state index contributed by atoms with van der Waals surface area (Å²) in [5.41, 5.74) is 4.55. The van der Waals surface area contributed by atoms with Gasteiger partial charge in [0.15, 0.2) is 11.6 Å². The van der Waals surface area contributed by atoms with Crippen LogP contribution in [0.2, 0.25) is 0 Å². The average molecular weight is 607 g/mol. The van der Waals surface area contributed by atoms with Crippen molar-refractivity contribution in [2.45, 2.75) is 64.7 Å². The first-order valence-electron chi connectivity index (χ1n) is 16.5. The molecule has 5 aromatic rings. The third kappa shape index (κ3) is 7.80. The summed E-state index contributed by atoms with van der Waals surface area (Å²) in [6, 6.07) is 51.1. The Labute approximate surface area is 275 Å². The minimum absolute atomic E-state index is 0.00421. The van der Waals surface area contributed by atoms with E-state index in [2.05, 4.69) is 107 Å². The van der Waals surface area contributed by atoms with Gasteiger partial charge in [-0.3, -0.25) is 9.59 Å². The second-order valence-electron chi connectivity index (χ2n) is 13.9. The molecule has 234 valence electrons. The van der Waals surface area contributed by atoms with E-state index >= 15 is 0 Å². The third-order valence-corrected chi connectivity index (χ3v) is 10.0. The van der Waals surface area contributed by atoms with Gasteiger partial charge in [0.1, 0.15) is 0 Å². The largest absolute Gasteiger partial charge is 0.294 e. The SMILES string of the molecule is CC(C)(CC(c1ccccc1)C(C)(C)C(CC(=O)c1ccccc1)c1ccccc1)C(CC(=O)c1ccccc1)c1ccccc1. The molecule has 0 radical (unpaired) electrons. The Kier molecular flexibility index (Phi) is 10.5. The van der Waals surface area contributed by atoms with Gasteiger partial charge in [-0.05, 0) is 51.7 Å². The van der Waals surface area contributed by atoms with Crippen LogP contribution in [0.5, 0.6) is 0 Å². The van der Waals surface area contributed by atoms with E-state index in [0.717, 1.165) is 17.5 Å². The Hall–Kier alpha value is -4.56. The van der Waals surface area contributed by atoms with E-state index in [-0.39, 0.29) is 40.2 Å². The maximum absolute atomic E-state index is 13.8. The van der Waals surface area contributed by atoms with Crippen LogP contribution in [0.3, 0.4) is 0 Å². The molecule has 0 aliphatic heterocycles. The molecular formula is C44H46O2. The number of hydrogen-bond acceptors (Lipinski definition) is 2. The zero-order valence-electron chi connectivity index (χ0n) is 27.6. The van der Waals surface area contributed by atoms with E-state index < -0.39 is 0 Å². The average Bonchev–Trinajstić information content (AvgIpc) is 3.10. The van der Waals surface area contributed by atoms with E-state index in [9.17, 15) is 9.59 Å². The van der Waals surface area contributed by atoms with Crippen LogP contribution in [-0.2, 0) is 0 Å². The number of ketones is 2. The van der Waals surface area contributed by atoms with Crippen LogP contribution in [0.4, 0.5) is 0 Å². The number of Topliss-reactive ketones (excluding diaryl/α,β-unsaturated/α-hetero) is 2. The molecule has 0 aromatic heterocycles. The lowest BCUT2D eigenvalue weighted by Crippen LogP contribution is -2.36. The third-order valence-electron chi connectivity index (χ3n) is 10.0. The molecule has 0 heterocycles. The van der Waals surface area contributed by atoms with Gasteiger partial charge >= 0.3 is 0 Å². The van der Waals surface area contributed by atoms with Gasteiger partial charge in [0, 0.05) is 24.0 Å². The van der Waals surface area contributed by atoms with Crippen LogP contribution in [-0.4, -0.2) is 11.6 Å². The maximum atomic E-state index is 13.8. The molecule has 0 N–H and O–H groups in total. The van der Waals surface area contributed by atoms with Crippen molar-refractivity contribution < 1.29 is 9.59 Å². The van der Waals surface area contributed by atoms with Gasteiger partial charge in [-0.25, -0.2) is 0 Å². The number of carbonyl (C=O) groups excluding carboxylic acids is 2.